The van der Waals surface area contributed by atoms with E-state index in [2.05, 4.69) is 10.6 Å². The summed E-state index contributed by atoms with van der Waals surface area (Å²) in [6.07, 6.45) is 0.548. The maximum atomic E-state index is 12.4. The quantitative estimate of drug-likeness (QED) is 0.653. The van der Waals surface area contributed by atoms with E-state index in [9.17, 15) is 14.9 Å². The van der Waals surface area contributed by atoms with Gasteiger partial charge in [-0.1, -0.05) is 0 Å². The summed E-state index contributed by atoms with van der Waals surface area (Å²) < 4.78 is 5.47. The second kappa shape index (κ2) is 5.69. The maximum absolute atomic E-state index is 12.4. The van der Waals surface area contributed by atoms with Gasteiger partial charge < -0.3 is 15.4 Å². The minimum absolute atomic E-state index is 0.0483. The smallest absolute Gasteiger partial charge is 0.282 e. The van der Waals surface area contributed by atoms with Crippen molar-refractivity contribution in [3.05, 3.63) is 33.9 Å². The van der Waals surface area contributed by atoms with Crippen LogP contribution in [0.5, 0.6) is 0 Å². The lowest BCUT2D eigenvalue weighted by Crippen LogP contribution is -2.50. The van der Waals surface area contributed by atoms with Gasteiger partial charge >= 0.3 is 0 Å². The first-order chi connectivity index (χ1) is 9.87. The lowest BCUT2D eigenvalue weighted by atomic mass is 9.94. The average molecular weight is 293 g/mol. The zero-order chi connectivity index (χ0) is 15.6. The molecule has 2 unspecified atom stereocenters. The number of hydrogen-bond donors (Lipinski definition) is 2. The number of carbonyl (C=O) groups is 1. The summed E-state index contributed by atoms with van der Waals surface area (Å²) in [6.45, 7) is 4.33. The molecule has 2 rings (SSSR count). The first-order valence-corrected chi connectivity index (χ1v) is 6.77. The molecule has 7 heteroatoms. The van der Waals surface area contributed by atoms with Gasteiger partial charge in [0.15, 0.2) is 0 Å². The first-order valence-electron chi connectivity index (χ1n) is 6.77. The summed E-state index contributed by atoms with van der Waals surface area (Å²) in [4.78, 5) is 23.0. The van der Waals surface area contributed by atoms with Crippen LogP contribution in [0.3, 0.4) is 0 Å². The molecule has 1 aliphatic heterocycles. The Morgan fingerprint density at radius 1 is 1.52 bits per heavy atom. The lowest BCUT2D eigenvalue weighted by molar-refractivity contribution is -0.385. The standard InChI is InChI=1S/C14H19N3O4/c1-9-14(2,6-7-21-9)16-13(18)11-8-10(15-3)4-5-12(11)17(19)20/h4-5,8-9,15H,6-7H2,1-3H3,(H,16,18). The lowest BCUT2D eigenvalue weighted by Gasteiger charge is -2.28. The highest BCUT2D eigenvalue weighted by molar-refractivity contribution is 5.99. The minimum Gasteiger partial charge on any atom is -0.388 e. The van der Waals surface area contributed by atoms with Crippen molar-refractivity contribution >= 4 is 17.3 Å². The van der Waals surface area contributed by atoms with Crippen molar-refractivity contribution < 1.29 is 14.5 Å². The second-order valence-corrected chi connectivity index (χ2v) is 5.37. The predicted octanol–water partition coefficient (Wildman–Crippen LogP) is 1.93. The van der Waals surface area contributed by atoms with Crippen molar-refractivity contribution in [1.29, 1.82) is 0 Å². The molecule has 1 aliphatic rings. The molecule has 21 heavy (non-hydrogen) atoms. The van der Waals surface area contributed by atoms with Crippen LogP contribution < -0.4 is 10.6 Å². The van der Waals surface area contributed by atoms with Crippen LogP contribution >= 0.6 is 0 Å². The van der Waals surface area contributed by atoms with E-state index in [0.717, 1.165) is 0 Å². The van der Waals surface area contributed by atoms with E-state index < -0.39 is 16.4 Å². The Bertz CT molecular complexity index is 575. The van der Waals surface area contributed by atoms with Crippen LogP contribution in [0.1, 0.15) is 30.6 Å². The minimum atomic E-state index is -0.550. The predicted molar refractivity (Wildman–Crippen MR) is 78.5 cm³/mol. The van der Waals surface area contributed by atoms with Crippen molar-refractivity contribution in [2.75, 3.05) is 19.0 Å². The van der Waals surface area contributed by atoms with E-state index in [4.69, 9.17) is 4.74 Å². The third kappa shape index (κ3) is 2.97. The van der Waals surface area contributed by atoms with Gasteiger partial charge in [0.25, 0.3) is 11.6 Å². The van der Waals surface area contributed by atoms with Crippen LogP contribution in [0, 0.1) is 10.1 Å². The fourth-order valence-corrected chi connectivity index (χ4v) is 2.36. The molecular formula is C14H19N3O4. The molecule has 0 spiro atoms. The molecule has 2 N–H and O–H groups in total. The Labute approximate surface area is 122 Å². The number of ether oxygens (including phenoxy) is 1. The fourth-order valence-electron chi connectivity index (χ4n) is 2.36. The third-order valence-corrected chi connectivity index (χ3v) is 4.01. The summed E-state index contributed by atoms with van der Waals surface area (Å²) in [5.41, 5.74) is -0.0268. The van der Waals surface area contributed by atoms with Gasteiger partial charge in [-0.25, -0.2) is 0 Å². The monoisotopic (exact) mass is 293 g/mol. The SMILES string of the molecule is CNc1ccc([N+](=O)[O-])c(C(=O)NC2(C)CCOC2C)c1. The van der Waals surface area contributed by atoms with Gasteiger partial charge in [0.05, 0.1) is 16.6 Å². The van der Waals surface area contributed by atoms with E-state index in [1.807, 2.05) is 13.8 Å². The molecule has 1 heterocycles. The van der Waals surface area contributed by atoms with Gasteiger partial charge in [-0.15, -0.1) is 0 Å². The molecule has 0 bridgehead atoms. The molecule has 0 aliphatic carbocycles. The number of nitro benzene ring substituents is 1. The summed E-state index contributed by atoms with van der Waals surface area (Å²) in [5.74, 6) is -0.460. The van der Waals surface area contributed by atoms with Gasteiger partial charge in [-0.3, -0.25) is 14.9 Å². The van der Waals surface area contributed by atoms with Crippen LogP contribution in [0.4, 0.5) is 11.4 Å². The number of anilines is 1. The van der Waals surface area contributed by atoms with Crippen molar-refractivity contribution in [2.45, 2.75) is 31.9 Å². The Morgan fingerprint density at radius 3 is 2.76 bits per heavy atom. The van der Waals surface area contributed by atoms with Crippen LogP contribution in [0.2, 0.25) is 0 Å². The summed E-state index contributed by atoms with van der Waals surface area (Å²) in [6, 6.07) is 4.38. The van der Waals surface area contributed by atoms with Crippen LogP contribution in [0.25, 0.3) is 0 Å². The van der Waals surface area contributed by atoms with Gasteiger partial charge in [0, 0.05) is 25.4 Å². The number of nitrogens with zero attached hydrogens (tertiary/aromatic N) is 1. The van der Waals surface area contributed by atoms with Crippen LogP contribution in [0.15, 0.2) is 18.2 Å². The molecular weight excluding hydrogens is 274 g/mol. The Morgan fingerprint density at radius 2 is 2.24 bits per heavy atom. The van der Waals surface area contributed by atoms with E-state index in [0.29, 0.717) is 18.7 Å². The topological polar surface area (TPSA) is 93.5 Å². The Hall–Kier alpha value is -2.15. The molecule has 0 radical (unpaired) electrons. The number of hydrogen-bond acceptors (Lipinski definition) is 5. The van der Waals surface area contributed by atoms with E-state index in [1.165, 1.54) is 12.1 Å². The highest BCUT2D eigenvalue weighted by Gasteiger charge is 2.39. The highest BCUT2D eigenvalue weighted by atomic mass is 16.6. The second-order valence-electron chi connectivity index (χ2n) is 5.37. The number of amides is 1. The summed E-state index contributed by atoms with van der Waals surface area (Å²) in [5, 5.41) is 16.8. The van der Waals surface area contributed by atoms with E-state index >= 15 is 0 Å². The normalized spacial score (nSPS) is 24.6. The van der Waals surface area contributed by atoms with Gasteiger partial charge in [0.1, 0.15) is 5.56 Å². The first kappa shape index (κ1) is 15.2. The zero-order valence-electron chi connectivity index (χ0n) is 12.3. The maximum Gasteiger partial charge on any atom is 0.282 e. The fraction of sp³-hybridized carbons (Fsp3) is 0.500. The molecule has 2 atom stereocenters. The molecule has 0 saturated carbocycles. The molecule has 0 aromatic heterocycles. The van der Waals surface area contributed by atoms with E-state index in [1.54, 1.807) is 13.1 Å². The largest absolute Gasteiger partial charge is 0.388 e. The van der Waals surface area contributed by atoms with E-state index in [-0.39, 0.29) is 17.4 Å². The number of nitrogens with one attached hydrogen (secondary N) is 2. The molecule has 114 valence electrons. The average Bonchev–Trinajstić information content (AvgIpc) is 2.77. The van der Waals surface area contributed by atoms with Gasteiger partial charge in [0.2, 0.25) is 0 Å². The number of nitro groups is 1. The van der Waals surface area contributed by atoms with Crippen LogP contribution in [-0.4, -0.2) is 36.1 Å². The van der Waals surface area contributed by atoms with Crippen molar-refractivity contribution in [3.63, 3.8) is 0 Å². The van der Waals surface area contributed by atoms with Gasteiger partial charge in [-0.2, -0.15) is 0 Å². The molecule has 7 nitrogen and oxygen atoms in total. The third-order valence-electron chi connectivity index (χ3n) is 4.01. The van der Waals surface area contributed by atoms with Crippen molar-refractivity contribution in [1.82, 2.24) is 5.32 Å². The number of benzene rings is 1. The van der Waals surface area contributed by atoms with Crippen molar-refractivity contribution in [2.24, 2.45) is 0 Å². The number of carbonyl (C=O) groups excluding carboxylic acids is 1. The van der Waals surface area contributed by atoms with Crippen molar-refractivity contribution in [3.8, 4) is 0 Å². The molecule has 1 fully saturated rings. The Kier molecular flexibility index (Phi) is 4.13. The summed E-state index contributed by atoms with van der Waals surface area (Å²) in [7, 11) is 1.69. The Balaban J connectivity index is 2.31. The molecule has 1 aromatic rings. The zero-order valence-corrected chi connectivity index (χ0v) is 12.3. The summed E-state index contributed by atoms with van der Waals surface area (Å²) >= 11 is 0. The molecule has 1 amide bonds. The molecule has 1 aromatic carbocycles. The number of rotatable bonds is 4. The van der Waals surface area contributed by atoms with Gasteiger partial charge in [-0.05, 0) is 32.4 Å². The highest BCUT2D eigenvalue weighted by Crippen LogP contribution is 2.28. The molecule has 1 saturated heterocycles. The van der Waals surface area contributed by atoms with Crippen LogP contribution in [-0.2, 0) is 4.74 Å².